The Kier molecular flexibility index (Phi) is 4.87. The van der Waals surface area contributed by atoms with Gasteiger partial charge in [-0.25, -0.2) is 8.78 Å². The van der Waals surface area contributed by atoms with E-state index in [0.29, 0.717) is 24.2 Å². The van der Waals surface area contributed by atoms with E-state index in [0.717, 1.165) is 0 Å². The second-order valence-electron chi connectivity index (χ2n) is 5.90. The molecule has 6 heteroatoms. The van der Waals surface area contributed by atoms with Gasteiger partial charge < -0.3 is 15.7 Å². The number of halogens is 2. The first-order valence-electron chi connectivity index (χ1n) is 7.77. The van der Waals surface area contributed by atoms with E-state index in [2.05, 4.69) is 10.6 Å². The van der Waals surface area contributed by atoms with Gasteiger partial charge in [0.25, 0.3) is 5.91 Å². The van der Waals surface area contributed by atoms with Crippen molar-refractivity contribution in [3.63, 3.8) is 0 Å². The van der Waals surface area contributed by atoms with Crippen molar-refractivity contribution in [3.8, 4) is 11.1 Å². The van der Waals surface area contributed by atoms with Gasteiger partial charge in [-0.1, -0.05) is 18.2 Å². The highest BCUT2D eigenvalue weighted by atomic mass is 19.1. The maximum Gasteiger partial charge on any atom is 0.254 e. The quantitative estimate of drug-likeness (QED) is 0.802. The topological polar surface area (TPSA) is 61.4 Å². The highest BCUT2D eigenvalue weighted by Gasteiger charge is 2.25. The van der Waals surface area contributed by atoms with Crippen molar-refractivity contribution in [3.05, 3.63) is 59.7 Å². The van der Waals surface area contributed by atoms with Crippen molar-refractivity contribution in [2.45, 2.75) is 6.10 Å². The number of carbonyl (C=O) groups is 1. The zero-order valence-electron chi connectivity index (χ0n) is 12.9. The van der Waals surface area contributed by atoms with Gasteiger partial charge in [-0.05, 0) is 35.4 Å². The van der Waals surface area contributed by atoms with Crippen LogP contribution in [0.2, 0.25) is 0 Å². The lowest BCUT2D eigenvalue weighted by Crippen LogP contribution is -2.34. The molecular weight excluding hydrogens is 314 g/mol. The van der Waals surface area contributed by atoms with Crippen LogP contribution >= 0.6 is 0 Å². The molecule has 2 atom stereocenters. The number of amides is 1. The minimum Gasteiger partial charge on any atom is -0.391 e. The summed E-state index contributed by atoms with van der Waals surface area (Å²) in [4.78, 5) is 12.1. The molecule has 3 N–H and O–H groups in total. The molecule has 2 aromatic rings. The number of β-amino-alcohol motifs (C(OH)–C–C–N with tert-alkyl or cyclic N) is 1. The maximum atomic E-state index is 14.2. The van der Waals surface area contributed by atoms with Gasteiger partial charge in [0, 0.05) is 25.6 Å². The number of rotatable bonds is 4. The number of hydrogen-bond donors (Lipinski definition) is 3. The van der Waals surface area contributed by atoms with E-state index in [1.54, 1.807) is 18.2 Å². The Hall–Kier alpha value is -2.31. The second kappa shape index (κ2) is 7.07. The fraction of sp³-hybridized carbons (Fsp3) is 0.278. The van der Waals surface area contributed by atoms with Crippen LogP contribution < -0.4 is 10.6 Å². The summed E-state index contributed by atoms with van der Waals surface area (Å²) in [5.74, 6) is -1.59. The van der Waals surface area contributed by atoms with Gasteiger partial charge in [-0.2, -0.15) is 0 Å². The van der Waals surface area contributed by atoms with Crippen molar-refractivity contribution < 1.29 is 18.7 Å². The Morgan fingerprint density at radius 1 is 1.12 bits per heavy atom. The van der Waals surface area contributed by atoms with Crippen molar-refractivity contribution in [1.82, 2.24) is 10.6 Å². The van der Waals surface area contributed by atoms with Crippen molar-refractivity contribution in [2.75, 3.05) is 19.6 Å². The number of hydrogen-bond acceptors (Lipinski definition) is 3. The Balaban J connectivity index is 1.69. The van der Waals surface area contributed by atoms with Gasteiger partial charge in [0.05, 0.1) is 11.7 Å². The van der Waals surface area contributed by atoms with E-state index < -0.39 is 17.8 Å². The van der Waals surface area contributed by atoms with Crippen LogP contribution in [0.5, 0.6) is 0 Å². The molecule has 2 unspecified atom stereocenters. The maximum absolute atomic E-state index is 14.2. The van der Waals surface area contributed by atoms with E-state index in [-0.39, 0.29) is 23.8 Å². The SMILES string of the molecule is O=C(NCC1CNCC1O)c1ccc(-c2ccc(F)cc2)cc1F. The highest BCUT2D eigenvalue weighted by Crippen LogP contribution is 2.22. The van der Waals surface area contributed by atoms with Gasteiger partial charge in [-0.3, -0.25) is 4.79 Å². The molecule has 1 saturated heterocycles. The van der Waals surface area contributed by atoms with Gasteiger partial charge in [0.2, 0.25) is 0 Å². The monoisotopic (exact) mass is 332 g/mol. The fourth-order valence-electron chi connectivity index (χ4n) is 2.77. The lowest BCUT2D eigenvalue weighted by Gasteiger charge is -2.14. The molecular formula is C18H18F2N2O2. The molecule has 0 radical (unpaired) electrons. The number of nitrogens with one attached hydrogen (secondary N) is 2. The number of carbonyl (C=O) groups excluding carboxylic acids is 1. The van der Waals surface area contributed by atoms with E-state index >= 15 is 0 Å². The zero-order valence-corrected chi connectivity index (χ0v) is 12.9. The lowest BCUT2D eigenvalue weighted by atomic mass is 10.0. The third-order valence-electron chi connectivity index (χ3n) is 4.22. The molecule has 0 aliphatic carbocycles. The summed E-state index contributed by atoms with van der Waals surface area (Å²) in [7, 11) is 0. The summed E-state index contributed by atoms with van der Waals surface area (Å²) < 4.78 is 27.2. The van der Waals surface area contributed by atoms with E-state index in [1.165, 1.54) is 24.3 Å². The number of aliphatic hydroxyl groups is 1. The van der Waals surface area contributed by atoms with Crippen LogP contribution in [0.4, 0.5) is 8.78 Å². The lowest BCUT2D eigenvalue weighted by molar-refractivity contribution is 0.0923. The first kappa shape index (κ1) is 16.5. The van der Waals surface area contributed by atoms with Crippen LogP contribution in [-0.2, 0) is 0 Å². The summed E-state index contributed by atoms with van der Waals surface area (Å²) in [6.45, 7) is 1.40. The van der Waals surface area contributed by atoms with Gasteiger partial charge in [0.1, 0.15) is 11.6 Å². The van der Waals surface area contributed by atoms with Crippen molar-refractivity contribution in [2.24, 2.45) is 5.92 Å². The molecule has 0 spiro atoms. The van der Waals surface area contributed by atoms with Gasteiger partial charge in [-0.15, -0.1) is 0 Å². The number of benzene rings is 2. The van der Waals surface area contributed by atoms with E-state index in [9.17, 15) is 18.7 Å². The van der Waals surface area contributed by atoms with Crippen LogP contribution in [0, 0.1) is 17.6 Å². The van der Waals surface area contributed by atoms with Gasteiger partial charge in [0.15, 0.2) is 0 Å². The Morgan fingerprint density at radius 2 is 1.83 bits per heavy atom. The smallest absolute Gasteiger partial charge is 0.254 e. The average molecular weight is 332 g/mol. The average Bonchev–Trinajstić information content (AvgIpc) is 2.98. The molecule has 0 aromatic heterocycles. The largest absolute Gasteiger partial charge is 0.391 e. The van der Waals surface area contributed by atoms with E-state index in [1.807, 2.05) is 0 Å². The molecule has 1 heterocycles. The van der Waals surface area contributed by atoms with Crippen molar-refractivity contribution in [1.29, 1.82) is 0 Å². The first-order chi connectivity index (χ1) is 11.5. The summed E-state index contributed by atoms with van der Waals surface area (Å²) in [6.07, 6.45) is -0.504. The van der Waals surface area contributed by atoms with Crippen LogP contribution in [0.15, 0.2) is 42.5 Å². The molecule has 2 aromatic carbocycles. The second-order valence-corrected chi connectivity index (χ2v) is 5.90. The molecule has 126 valence electrons. The third-order valence-corrected chi connectivity index (χ3v) is 4.22. The summed E-state index contributed by atoms with van der Waals surface area (Å²) in [5, 5.41) is 15.4. The predicted molar refractivity (Wildman–Crippen MR) is 86.5 cm³/mol. The van der Waals surface area contributed by atoms with Crippen LogP contribution in [0.25, 0.3) is 11.1 Å². The summed E-state index contributed by atoms with van der Waals surface area (Å²) >= 11 is 0. The molecule has 3 rings (SSSR count). The molecule has 24 heavy (non-hydrogen) atoms. The summed E-state index contributed by atoms with van der Waals surface area (Å²) in [5.41, 5.74) is 1.18. The zero-order chi connectivity index (χ0) is 17.1. The molecule has 0 bridgehead atoms. The first-order valence-corrected chi connectivity index (χ1v) is 7.77. The summed E-state index contributed by atoms with van der Waals surface area (Å²) in [6, 6.07) is 10.00. The standard InChI is InChI=1S/C18H18F2N2O2/c19-14-4-1-11(2-5-14)12-3-6-15(16(20)7-12)18(24)22-9-13-8-21-10-17(13)23/h1-7,13,17,21,23H,8-10H2,(H,22,24). The Bertz CT molecular complexity index is 734. The van der Waals surface area contributed by atoms with Gasteiger partial charge >= 0.3 is 0 Å². The van der Waals surface area contributed by atoms with Crippen molar-refractivity contribution >= 4 is 5.91 Å². The fourth-order valence-corrected chi connectivity index (χ4v) is 2.77. The third kappa shape index (κ3) is 3.60. The van der Waals surface area contributed by atoms with Crippen LogP contribution in [-0.4, -0.2) is 36.8 Å². The molecule has 0 saturated carbocycles. The molecule has 1 fully saturated rings. The Morgan fingerprint density at radius 3 is 2.46 bits per heavy atom. The van der Waals surface area contributed by atoms with Crippen LogP contribution in [0.1, 0.15) is 10.4 Å². The van der Waals surface area contributed by atoms with E-state index in [4.69, 9.17) is 0 Å². The normalized spacial score (nSPS) is 20.1. The predicted octanol–water partition coefficient (Wildman–Crippen LogP) is 1.94. The molecule has 1 amide bonds. The number of aliphatic hydroxyl groups excluding tert-OH is 1. The minimum absolute atomic E-state index is 0.0543. The molecule has 4 nitrogen and oxygen atoms in total. The molecule has 1 aliphatic heterocycles. The highest BCUT2D eigenvalue weighted by molar-refractivity contribution is 5.95. The van der Waals surface area contributed by atoms with Crippen LogP contribution in [0.3, 0.4) is 0 Å². The molecule has 1 aliphatic rings. The Labute approximate surface area is 138 Å². The minimum atomic E-state index is -0.639.